The predicted molar refractivity (Wildman–Crippen MR) is 102 cm³/mol. The third-order valence-electron chi connectivity index (χ3n) is 4.46. The fourth-order valence-electron chi connectivity index (χ4n) is 2.70. The van der Waals surface area contributed by atoms with Gasteiger partial charge in [0.15, 0.2) is 0 Å². The van der Waals surface area contributed by atoms with Crippen molar-refractivity contribution in [3.05, 3.63) is 58.1 Å². The zero-order valence-electron chi connectivity index (χ0n) is 15.3. The van der Waals surface area contributed by atoms with Crippen molar-refractivity contribution in [3.8, 4) is 5.75 Å². The quantitative estimate of drug-likeness (QED) is 0.559. The second-order valence-corrected chi connectivity index (χ2v) is 8.10. The van der Waals surface area contributed by atoms with E-state index in [4.69, 9.17) is 4.74 Å². The summed E-state index contributed by atoms with van der Waals surface area (Å²) in [6.45, 7) is 0. The van der Waals surface area contributed by atoms with Crippen LogP contribution in [0, 0.1) is 10.1 Å². The highest BCUT2D eigenvalue weighted by Gasteiger charge is 2.30. The van der Waals surface area contributed by atoms with Crippen LogP contribution in [-0.4, -0.2) is 44.3 Å². The SMILES string of the molecule is COc1ccc([N+](=O)[O-])cc1NS(=O)(=O)c1ccc(C(=O)N(C)C2CC2)cc1. The number of non-ortho nitro benzene ring substituents is 1. The Morgan fingerprint density at radius 3 is 2.39 bits per heavy atom. The molecule has 1 N–H and O–H groups in total. The van der Waals surface area contributed by atoms with Crippen molar-refractivity contribution in [2.45, 2.75) is 23.8 Å². The molecule has 10 heteroatoms. The fraction of sp³-hybridized carbons (Fsp3) is 0.278. The lowest BCUT2D eigenvalue weighted by atomic mass is 10.2. The third-order valence-corrected chi connectivity index (χ3v) is 5.85. The summed E-state index contributed by atoms with van der Waals surface area (Å²) in [6, 6.07) is 9.39. The molecule has 0 spiro atoms. The van der Waals surface area contributed by atoms with Gasteiger partial charge in [-0.2, -0.15) is 0 Å². The first-order chi connectivity index (χ1) is 13.2. The van der Waals surface area contributed by atoms with Crippen molar-refractivity contribution < 1.29 is 22.9 Å². The zero-order chi connectivity index (χ0) is 20.5. The summed E-state index contributed by atoms with van der Waals surface area (Å²) in [5.41, 5.74) is 0.0640. The number of hydrogen-bond acceptors (Lipinski definition) is 6. The molecule has 0 saturated heterocycles. The minimum absolute atomic E-state index is 0.0506. The lowest BCUT2D eigenvalue weighted by Gasteiger charge is -2.16. The van der Waals surface area contributed by atoms with Gasteiger partial charge in [-0.3, -0.25) is 19.6 Å². The second kappa shape index (κ2) is 7.47. The molecule has 1 saturated carbocycles. The first-order valence-corrected chi connectivity index (χ1v) is 9.93. The van der Waals surface area contributed by atoms with E-state index in [0.717, 1.165) is 18.9 Å². The second-order valence-electron chi connectivity index (χ2n) is 6.42. The molecule has 148 valence electrons. The number of carbonyl (C=O) groups excluding carboxylic acids is 1. The summed E-state index contributed by atoms with van der Waals surface area (Å²) in [5, 5.41) is 10.9. The highest BCUT2D eigenvalue weighted by Crippen LogP contribution is 2.31. The van der Waals surface area contributed by atoms with Gasteiger partial charge in [0.25, 0.3) is 21.6 Å². The minimum atomic E-state index is -4.03. The molecule has 9 nitrogen and oxygen atoms in total. The van der Waals surface area contributed by atoms with Crippen molar-refractivity contribution in [1.29, 1.82) is 0 Å². The first kappa shape index (κ1) is 19.6. The van der Waals surface area contributed by atoms with Crippen molar-refractivity contribution in [3.63, 3.8) is 0 Å². The van der Waals surface area contributed by atoms with Gasteiger partial charge in [-0.1, -0.05) is 0 Å². The largest absolute Gasteiger partial charge is 0.495 e. The standard InChI is InChI=1S/C18H19N3O6S/c1-20(13-5-6-13)18(22)12-3-8-15(9-4-12)28(25,26)19-16-11-14(21(23)24)7-10-17(16)27-2/h3-4,7-11,13,19H,5-6H2,1-2H3. The summed E-state index contributed by atoms with van der Waals surface area (Å²) < 4.78 is 32.7. The monoisotopic (exact) mass is 405 g/mol. The van der Waals surface area contributed by atoms with E-state index in [1.165, 1.54) is 43.5 Å². The van der Waals surface area contributed by atoms with E-state index in [1.807, 2.05) is 0 Å². The van der Waals surface area contributed by atoms with Gasteiger partial charge in [-0.25, -0.2) is 8.42 Å². The Labute approximate surface area is 162 Å². The molecule has 0 heterocycles. The van der Waals surface area contributed by atoms with Crippen molar-refractivity contribution in [2.75, 3.05) is 18.9 Å². The highest BCUT2D eigenvalue weighted by molar-refractivity contribution is 7.92. The molecule has 0 aliphatic heterocycles. The van der Waals surface area contributed by atoms with E-state index in [1.54, 1.807) is 11.9 Å². The molecule has 0 unspecified atom stereocenters. The van der Waals surface area contributed by atoms with Crippen molar-refractivity contribution >= 4 is 27.3 Å². The number of hydrogen-bond donors (Lipinski definition) is 1. The van der Waals surface area contributed by atoms with Crippen molar-refractivity contribution in [2.24, 2.45) is 0 Å². The van der Waals surface area contributed by atoms with Gasteiger partial charge in [0.1, 0.15) is 5.75 Å². The number of benzene rings is 2. The van der Waals surface area contributed by atoms with Gasteiger partial charge >= 0.3 is 0 Å². The summed E-state index contributed by atoms with van der Waals surface area (Å²) in [6.07, 6.45) is 1.95. The topological polar surface area (TPSA) is 119 Å². The third kappa shape index (κ3) is 4.06. The van der Waals surface area contributed by atoms with E-state index in [-0.39, 0.29) is 34.0 Å². The average Bonchev–Trinajstić information content (AvgIpc) is 3.51. The summed E-state index contributed by atoms with van der Waals surface area (Å²) in [4.78, 5) is 24.2. The Hall–Kier alpha value is -3.14. The maximum absolute atomic E-state index is 12.7. The summed E-state index contributed by atoms with van der Waals surface area (Å²) >= 11 is 0. The molecule has 0 aromatic heterocycles. The maximum atomic E-state index is 12.7. The molecule has 0 atom stereocenters. The fourth-order valence-corrected chi connectivity index (χ4v) is 3.76. The van der Waals surface area contributed by atoms with Gasteiger partial charge in [-0.15, -0.1) is 0 Å². The number of nitrogens with zero attached hydrogens (tertiary/aromatic N) is 2. The Morgan fingerprint density at radius 1 is 1.21 bits per heavy atom. The Kier molecular flexibility index (Phi) is 5.23. The molecule has 3 rings (SSSR count). The summed E-state index contributed by atoms with van der Waals surface area (Å²) in [7, 11) is -0.980. The first-order valence-electron chi connectivity index (χ1n) is 8.45. The van der Waals surface area contributed by atoms with Crippen LogP contribution in [0.2, 0.25) is 0 Å². The molecule has 28 heavy (non-hydrogen) atoms. The number of nitro benzene ring substituents is 1. The van der Waals surface area contributed by atoms with Gasteiger partial charge in [0.2, 0.25) is 0 Å². The van der Waals surface area contributed by atoms with E-state index < -0.39 is 14.9 Å². The van der Waals surface area contributed by atoms with E-state index >= 15 is 0 Å². The van der Waals surface area contributed by atoms with E-state index in [0.29, 0.717) is 5.56 Å². The molecule has 1 fully saturated rings. The van der Waals surface area contributed by atoms with Crippen LogP contribution in [0.3, 0.4) is 0 Å². The number of ether oxygens (including phenoxy) is 1. The molecule has 1 amide bonds. The van der Waals surface area contributed by atoms with Crippen molar-refractivity contribution in [1.82, 2.24) is 4.90 Å². The van der Waals surface area contributed by atoms with Gasteiger partial charge in [0, 0.05) is 30.8 Å². The lowest BCUT2D eigenvalue weighted by molar-refractivity contribution is -0.384. The Balaban J connectivity index is 1.84. The zero-order valence-corrected chi connectivity index (χ0v) is 16.1. The molecule has 1 aliphatic rings. The number of methoxy groups -OCH3 is 1. The number of amides is 1. The van der Waals surface area contributed by atoms with Crippen LogP contribution in [0.5, 0.6) is 5.75 Å². The Morgan fingerprint density at radius 2 is 1.86 bits per heavy atom. The maximum Gasteiger partial charge on any atom is 0.271 e. The van der Waals surface area contributed by atoms with Crippen LogP contribution < -0.4 is 9.46 Å². The highest BCUT2D eigenvalue weighted by atomic mass is 32.2. The molecular weight excluding hydrogens is 386 g/mol. The number of rotatable bonds is 7. The molecule has 2 aromatic rings. The molecule has 0 bridgehead atoms. The average molecular weight is 405 g/mol. The molecular formula is C18H19N3O6S. The number of nitro groups is 1. The van der Waals surface area contributed by atoms with Gasteiger partial charge < -0.3 is 9.64 Å². The van der Waals surface area contributed by atoms with Gasteiger partial charge in [-0.05, 0) is 43.2 Å². The van der Waals surface area contributed by atoms with Crippen LogP contribution >= 0.6 is 0 Å². The predicted octanol–water partition coefficient (Wildman–Crippen LogP) is 2.64. The van der Waals surface area contributed by atoms with E-state index in [9.17, 15) is 23.3 Å². The van der Waals surface area contributed by atoms with Crippen LogP contribution in [-0.2, 0) is 10.0 Å². The van der Waals surface area contributed by atoms with E-state index in [2.05, 4.69) is 4.72 Å². The Bertz CT molecular complexity index is 1020. The normalized spacial score (nSPS) is 13.6. The molecule has 2 aromatic carbocycles. The number of carbonyl (C=O) groups is 1. The lowest BCUT2D eigenvalue weighted by Crippen LogP contribution is -2.28. The molecule has 1 aliphatic carbocycles. The van der Waals surface area contributed by atoms with Crippen LogP contribution in [0.1, 0.15) is 23.2 Å². The number of sulfonamides is 1. The van der Waals surface area contributed by atoms with Crippen LogP contribution in [0.15, 0.2) is 47.4 Å². The number of anilines is 1. The minimum Gasteiger partial charge on any atom is -0.495 e. The van der Waals surface area contributed by atoms with Gasteiger partial charge in [0.05, 0.1) is 22.6 Å². The number of nitrogens with one attached hydrogen (secondary N) is 1. The summed E-state index contributed by atoms with van der Waals surface area (Å²) in [5.74, 6) is -0.0215. The van der Waals surface area contributed by atoms with Crippen LogP contribution in [0.4, 0.5) is 11.4 Å². The molecule has 0 radical (unpaired) electrons. The van der Waals surface area contributed by atoms with Crippen LogP contribution in [0.25, 0.3) is 0 Å². The smallest absolute Gasteiger partial charge is 0.271 e.